The van der Waals surface area contributed by atoms with Crippen molar-refractivity contribution in [3.05, 3.63) is 42.0 Å². The Morgan fingerprint density at radius 3 is 2.44 bits per heavy atom. The Balaban J connectivity index is 2.55. The number of rotatable bonds is 1. The fraction of sp³-hybridized carbons (Fsp3) is 0.0769. The number of hydrogen-bond acceptors (Lipinski definition) is 2. The molecule has 0 aliphatic rings. The average molecular weight is 340 g/mol. The first-order chi connectivity index (χ1) is 7.81. The largest absolute Gasteiger partial charge is 0.455 e. The molecule has 0 amide bonds. The van der Waals surface area contributed by atoms with Gasteiger partial charge in [-0.1, -0.05) is 30.3 Å². The molecular formula is C13H9IOS. The van der Waals surface area contributed by atoms with Gasteiger partial charge in [-0.15, -0.1) is 0 Å². The summed E-state index contributed by atoms with van der Waals surface area (Å²) in [6.45, 7) is 2.08. The minimum atomic E-state index is 1.01. The molecule has 0 fully saturated rings. The van der Waals surface area contributed by atoms with Crippen molar-refractivity contribution in [2.24, 2.45) is 0 Å². The van der Waals surface area contributed by atoms with Crippen LogP contribution in [-0.2, 0) is 0 Å². The van der Waals surface area contributed by atoms with Crippen molar-refractivity contribution in [1.29, 1.82) is 0 Å². The maximum Gasteiger partial charge on any atom is 0.149 e. The molecule has 0 spiro atoms. The second kappa shape index (κ2) is 3.96. The maximum atomic E-state index is 5.98. The second-order valence-electron chi connectivity index (χ2n) is 3.76. The molecule has 1 aromatic heterocycles. The van der Waals surface area contributed by atoms with Crippen LogP contribution in [0.25, 0.3) is 21.9 Å². The Hall–Kier alpha value is -0.680. The Morgan fingerprint density at radius 2 is 1.69 bits per heavy atom. The fourth-order valence-electron chi connectivity index (χ4n) is 2.00. The van der Waals surface area contributed by atoms with Crippen molar-refractivity contribution in [3.63, 3.8) is 0 Å². The first kappa shape index (κ1) is 10.5. The number of fused-ring (bicyclic) bond motifs is 3. The van der Waals surface area contributed by atoms with Gasteiger partial charge in [0.1, 0.15) is 11.2 Å². The van der Waals surface area contributed by atoms with E-state index in [0.717, 1.165) is 11.2 Å². The third-order valence-electron chi connectivity index (χ3n) is 2.77. The van der Waals surface area contributed by atoms with Crippen LogP contribution in [0.2, 0.25) is 0 Å². The summed E-state index contributed by atoms with van der Waals surface area (Å²) in [7, 11) is 1.70. The normalized spacial score (nSPS) is 11.4. The third-order valence-corrected chi connectivity index (χ3v) is 4.68. The maximum absolute atomic E-state index is 5.98. The number of para-hydroxylation sites is 2. The second-order valence-corrected chi connectivity index (χ2v) is 5.68. The molecule has 80 valence electrons. The van der Waals surface area contributed by atoms with E-state index >= 15 is 0 Å². The lowest BCUT2D eigenvalue weighted by Gasteiger charge is -1.94. The number of hydrogen-bond donors (Lipinski definition) is 0. The van der Waals surface area contributed by atoms with Crippen LogP contribution in [0.15, 0.2) is 45.7 Å². The minimum absolute atomic E-state index is 1.01. The van der Waals surface area contributed by atoms with E-state index in [1.807, 2.05) is 0 Å². The topological polar surface area (TPSA) is 13.1 Å². The Bertz CT molecular complexity index is 672. The summed E-state index contributed by atoms with van der Waals surface area (Å²) in [5.74, 6) is 0. The first-order valence-corrected chi connectivity index (χ1v) is 8.36. The van der Waals surface area contributed by atoms with Crippen LogP contribution < -0.4 is 0 Å². The number of furan rings is 1. The Labute approximate surface area is 110 Å². The van der Waals surface area contributed by atoms with Crippen LogP contribution in [0.5, 0.6) is 0 Å². The fourth-order valence-corrected chi connectivity index (χ4v) is 3.39. The highest BCUT2D eigenvalue weighted by atomic mass is 127. The molecule has 16 heavy (non-hydrogen) atoms. The molecule has 3 heteroatoms. The van der Waals surface area contributed by atoms with Gasteiger partial charge >= 0.3 is 0 Å². The van der Waals surface area contributed by atoms with Crippen molar-refractivity contribution >= 4 is 52.1 Å². The van der Waals surface area contributed by atoms with E-state index in [1.54, 1.807) is 8.93 Å². The monoisotopic (exact) mass is 340 g/mol. The molecule has 0 bridgehead atoms. The van der Waals surface area contributed by atoms with Gasteiger partial charge in [0.25, 0.3) is 0 Å². The molecular weight excluding hydrogens is 331 g/mol. The predicted molar refractivity (Wildman–Crippen MR) is 78.3 cm³/mol. The molecule has 0 radical (unpaired) electrons. The van der Waals surface area contributed by atoms with Gasteiger partial charge in [-0.2, -0.15) is 0 Å². The quantitative estimate of drug-likeness (QED) is 0.555. The van der Waals surface area contributed by atoms with Crippen LogP contribution in [0.4, 0.5) is 0 Å². The van der Waals surface area contributed by atoms with Gasteiger partial charge in [0.15, 0.2) is 0 Å². The highest BCUT2D eigenvalue weighted by molar-refractivity contribution is 14.2. The molecule has 1 nitrogen and oxygen atoms in total. The molecule has 0 saturated heterocycles. The molecule has 0 aliphatic heterocycles. The van der Waals surface area contributed by atoms with E-state index in [0.29, 0.717) is 0 Å². The molecule has 0 saturated carbocycles. The van der Waals surface area contributed by atoms with Crippen molar-refractivity contribution in [1.82, 2.24) is 0 Å². The van der Waals surface area contributed by atoms with E-state index in [4.69, 9.17) is 4.42 Å². The lowest BCUT2D eigenvalue weighted by molar-refractivity contribution is 0.657. The average Bonchev–Trinajstić information content (AvgIpc) is 2.69. The van der Waals surface area contributed by atoms with Gasteiger partial charge in [0.2, 0.25) is 0 Å². The standard InChI is InChI=1S/C13H9IOS/c1-8-4-2-5-9-10-6-3-7-11(16-14)13(10)15-12(8)9/h2-7H,1H3. The molecule has 1 heterocycles. The van der Waals surface area contributed by atoms with Crippen LogP contribution >= 0.6 is 30.1 Å². The summed E-state index contributed by atoms with van der Waals surface area (Å²) in [4.78, 5) is 1.19. The summed E-state index contributed by atoms with van der Waals surface area (Å²) in [6.07, 6.45) is 0. The van der Waals surface area contributed by atoms with Crippen molar-refractivity contribution in [3.8, 4) is 0 Å². The lowest BCUT2D eigenvalue weighted by Crippen LogP contribution is -1.71. The van der Waals surface area contributed by atoms with Crippen molar-refractivity contribution in [2.75, 3.05) is 0 Å². The van der Waals surface area contributed by atoms with E-state index in [9.17, 15) is 0 Å². The van der Waals surface area contributed by atoms with Crippen LogP contribution in [0.1, 0.15) is 5.56 Å². The van der Waals surface area contributed by atoms with Gasteiger partial charge in [-0.3, -0.25) is 0 Å². The van der Waals surface area contributed by atoms with Gasteiger partial charge in [-0.25, -0.2) is 0 Å². The first-order valence-electron chi connectivity index (χ1n) is 5.00. The zero-order valence-electron chi connectivity index (χ0n) is 8.66. The molecule has 0 unspecified atom stereocenters. The van der Waals surface area contributed by atoms with Crippen LogP contribution in [0, 0.1) is 6.92 Å². The summed E-state index contributed by atoms with van der Waals surface area (Å²) in [5.41, 5.74) is 3.21. The van der Waals surface area contributed by atoms with Crippen LogP contribution in [0.3, 0.4) is 0 Å². The summed E-state index contributed by atoms with van der Waals surface area (Å²) < 4.78 is 5.98. The number of benzene rings is 2. The van der Waals surface area contributed by atoms with Gasteiger partial charge in [-0.05, 0) is 27.5 Å². The van der Waals surface area contributed by atoms with Crippen molar-refractivity contribution in [2.45, 2.75) is 11.8 Å². The zero-order chi connectivity index (χ0) is 11.1. The molecule has 0 atom stereocenters. The molecule has 0 N–H and O–H groups in total. The van der Waals surface area contributed by atoms with E-state index in [1.165, 1.54) is 21.2 Å². The molecule has 3 aromatic rings. The van der Waals surface area contributed by atoms with E-state index in [2.05, 4.69) is 64.5 Å². The van der Waals surface area contributed by atoms with Crippen LogP contribution in [-0.4, -0.2) is 0 Å². The van der Waals surface area contributed by atoms with Gasteiger partial charge < -0.3 is 4.42 Å². The van der Waals surface area contributed by atoms with Gasteiger partial charge in [0.05, 0.1) is 4.90 Å². The number of aryl methyl sites for hydroxylation is 1. The summed E-state index contributed by atoms with van der Waals surface area (Å²) in [6, 6.07) is 12.6. The smallest absolute Gasteiger partial charge is 0.149 e. The molecule has 2 aromatic carbocycles. The SMILES string of the molecule is Cc1cccc2c1oc1c(SI)cccc12. The Kier molecular flexibility index (Phi) is 2.59. The highest BCUT2D eigenvalue weighted by Gasteiger charge is 2.11. The van der Waals surface area contributed by atoms with Gasteiger partial charge in [0, 0.05) is 32.0 Å². The van der Waals surface area contributed by atoms with E-state index < -0.39 is 0 Å². The third kappa shape index (κ3) is 1.45. The summed E-state index contributed by atoms with van der Waals surface area (Å²) in [5, 5.41) is 2.42. The molecule has 0 aliphatic carbocycles. The minimum Gasteiger partial charge on any atom is -0.455 e. The summed E-state index contributed by atoms with van der Waals surface area (Å²) >= 11 is 2.29. The lowest BCUT2D eigenvalue weighted by atomic mass is 10.1. The predicted octanol–water partition coefficient (Wildman–Crippen LogP) is 5.34. The van der Waals surface area contributed by atoms with Crippen molar-refractivity contribution < 1.29 is 4.42 Å². The molecule has 3 rings (SSSR count). The Morgan fingerprint density at radius 1 is 1.00 bits per heavy atom. The number of halogens is 1. The highest BCUT2D eigenvalue weighted by Crippen LogP contribution is 2.38. The van der Waals surface area contributed by atoms with E-state index in [-0.39, 0.29) is 0 Å². The zero-order valence-corrected chi connectivity index (χ0v) is 11.6.